The van der Waals surface area contributed by atoms with Crippen molar-refractivity contribution in [3.05, 3.63) is 77.2 Å². The molecule has 3 N–H and O–H groups in total. The second kappa shape index (κ2) is 8.10. The number of halogens is 2. The minimum absolute atomic E-state index is 0.0483. The highest BCUT2D eigenvalue weighted by Crippen LogP contribution is 2.18. The highest BCUT2D eigenvalue weighted by Gasteiger charge is 2.02. The van der Waals surface area contributed by atoms with Gasteiger partial charge in [-0.2, -0.15) is 4.99 Å². The Hall–Kier alpha value is -2.66. The first-order valence-electron chi connectivity index (χ1n) is 6.83. The number of nitrogens with two attached hydrogens (primary N) is 1. The van der Waals surface area contributed by atoms with Crippen LogP contribution in [0.2, 0.25) is 5.02 Å². The predicted octanol–water partition coefficient (Wildman–Crippen LogP) is 3.53. The second-order valence-electron chi connectivity index (χ2n) is 4.70. The topological polar surface area (TPSA) is 67.5 Å². The summed E-state index contributed by atoms with van der Waals surface area (Å²) in [6.45, 7) is 0. The molecule has 0 aliphatic heterocycles. The molecule has 0 unspecified atom stereocenters. The summed E-state index contributed by atoms with van der Waals surface area (Å²) >= 11 is 5.59. The Morgan fingerprint density at radius 1 is 1.26 bits per heavy atom. The normalized spacial score (nSPS) is 11.7. The number of amides is 1. The van der Waals surface area contributed by atoms with Crippen LogP contribution in [0.25, 0.3) is 0 Å². The molecule has 0 saturated carbocycles. The molecule has 0 saturated heterocycles. The van der Waals surface area contributed by atoms with Gasteiger partial charge in [0, 0.05) is 11.9 Å². The van der Waals surface area contributed by atoms with Crippen LogP contribution in [0.5, 0.6) is 0 Å². The summed E-state index contributed by atoms with van der Waals surface area (Å²) < 4.78 is 13.3. The summed E-state index contributed by atoms with van der Waals surface area (Å²) in [6, 6.07) is 13.6. The van der Waals surface area contributed by atoms with E-state index in [9.17, 15) is 9.18 Å². The summed E-state index contributed by atoms with van der Waals surface area (Å²) in [5.41, 5.74) is 7.03. The van der Waals surface area contributed by atoms with Gasteiger partial charge in [0.05, 0.1) is 11.4 Å². The zero-order chi connectivity index (χ0) is 16.7. The fraction of sp³-hybridized carbons (Fsp3) is 0.0588. The Morgan fingerprint density at radius 3 is 2.70 bits per heavy atom. The summed E-state index contributed by atoms with van der Waals surface area (Å²) in [5.74, 6) is -0.798. The first-order valence-corrected chi connectivity index (χ1v) is 7.21. The van der Waals surface area contributed by atoms with Crippen LogP contribution >= 0.6 is 11.6 Å². The van der Waals surface area contributed by atoms with Crippen molar-refractivity contribution in [3.63, 3.8) is 0 Å². The van der Waals surface area contributed by atoms with Gasteiger partial charge in [-0.3, -0.25) is 4.79 Å². The van der Waals surface area contributed by atoms with Crippen molar-refractivity contribution in [1.82, 2.24) is 0 Å². The number of hydrogen-bond acceptors (Lipinski definition) is 2. The molecule has 0 heterocycles. The molecule has 118 valence electrons. The van der Waals surface area contributed by atoms with E-state index in [1.807, 2.05) is 30.3 Å². The number of anilines is 1. The number of amidine groups is 1. The van der Waals surface area contributed by atoms with Gasteiger partial charge in [0.1, 0.15) is 11.7 Å². The van der Waals surface area contributed by atoms with Crippen LogP contribution in [0, 0.1) is 5.82 Å². The van der Waals surface area contributed by atoms with Crippen LogP contribution in [0.15, 0.2) is 65.8 Å². The van der Waals surface area contributed by atoms with Crippen molar-refractivity contribution in [3.8, 4) is 0 Å². The zero-order valence-corrected chi connectivity index (χ0v) is 12.9. The molecule has 0 fully saturated rings. The molecule has 1 amide bonds. The number of carbonyl (C=O) groups is 1. The molecule has 2 aromatic rings. The lowest BCUT2D eigenvalue weighted by Crippen LogP contribution is -2.12. The van der Waals surface area contributed by atoms with Crippen LogP contribution in [0.4, 0.5) is 10.1 Å². The minimum Gasteiger partial charge on any atom is -0.384 e. The van der Waals surface area contributed by atoms with Crippen LogP contribution in [-0.2, 0) is 11.2 Å². The summed E-state index contributed by atoms with van der Waals surface area (Å²) in [4.78, 5) is 15.5. The quantitative estimate of drug-likeness (QED) is 0.650. The van der Waals surface area contributed by atoms with Crippen LogP contribution in [0.3, 0.4) is 0 Å². The van der Waals surface area contributed by atoms with Gasteiger partial charge < -0.3 is 11.1 Å². The number of aliphatic imine (C=N–C) groups is 1. The third-order valence-electron chi connectivity index (χ3n) is 2.88. The second-order valence-corrected chi connectivity index (χ2v) is 5.11. The number of carbonyl (C=O) groups excluding carboxylic acids is 1. The van der Waals surface area contributed by atoms with Gasteiger partial charge in [0.2, 0.25) is 0 Å². The van der Waals surface area contributed by atoms with Gasteiger partial charge in [-0.1, -0.05) is 41.9 Å². The molecule has 2 rings (SSSR count). The molecule has 4 nitrogen and oxygen atoms in total. The Bertz CT molecular complexity index is 745. The Labute approximate surface area is 138 Å². The molecule has 2 aromatic carbocycles. The summed E-state index contributed by atoms with van der Waals surface area (Å²) in [5, 5.41) is 2.86. The molecule has 0 atom stereocenters. The van der Waals surface area contributed by atoms with E-state index < -0.39 is 5.82 Å². The Morgan fingerprint density at radius 2 is 2.00 bits per heavy atom. The van der Waals surface area contributed by atoms with Gasteiger partial charge in [-0.05, 0) is 29.8 Å². The fourth-order valence-corrected chi connectivity index (χ4v) is 1.92. The zero-order valence-electron chi connectivity index (χ0n) is 12.2. The third-order valence-corrected chi connectivity index (χ3v) is 3.18. The Kier molecular flexibility index (Phi) is 5.88. The molecule has 0 aromatic heterocycles. The first kappa shape index (κ1) is 16.7. The molecule has 6 heteroatoms. The van der Waals surface area contributed by atoms with E-state index in [-0.39, 0.29) is 23.2 Å². The average molecular weight is 332 g/mol. The number of hydrogen-bond donors (Lipinski definition) is 2. The summed E-state index contributed by atoms with van der Waals surface area (Å²) in [6.07, 6.45) is 3.08. The molecule has 23 heavy (non-hydrogen) atoms. The predicted molar refractivity (Wildman–Crippen MR) is 90.9 cm³/mol. The van der Waals surface area contributed by atoms with Crippen molar-refractivity contribution in [1.29, 1.82) is 0 Å². The minimum atomic E-state index is -0.523. The van der Waals surface area contributed by atoms with E-state index in [0.717, 1.165) is 5.56 Å². The van der Waals surface area contributed by atoms with E-state index in [4.69, 9.17) is 17.3 Å². The van der Waals surface area contributed by atoms with E-state index in [0.29, 0.717) is 5.69 Å². The van der Waals surface area contributed by atoms with Gasteiger partial charge in [-0.15, -0.1) is 0 Å². The smallest absolute Gasteiger partial charge is 0.252 e. The number of benzene rings is 2. The summed E-state index contributed by atoms with van der Waals surface area (Å²) in [7, 11) is 0. The highest BCUT2D eigenvalue weighted by atomic mass is 35.5. The molecular formula is C17H15ClFN3O. The molecule has 0 spiro atoms. The van der Waals surface area contributed by atoms with Crippen molar-refractivity contribution in [2.75, 3.05) is 5.32 Å². The van der Waals surface area contributed by atoms with Crippen molar-refractivity contribution in [2.45, 2.75) is 6.42 Å². The van der Waals surface area contributed by atoms with Gasteiger partial charge >= 0.3 is 0 Å². The Balaban J connectivity index is 1.90. The highest BCUT2D eigenvalue weighted by molar-refractivity contribution is 6.30. The van der Waals surface area contributed by atoms with Gasteiger partial charge in [0.15, 0.2) is 0 Å². The van der Waals surface area contributed by atoms with Crippen LogP contribution in [0.1, 0.15) is 5.56 Å². The van der Waals surface area contributed by atoms with Crippen molar-refractivity contribution in [2.24, 2.45) is 10.7 Å². The van der Waals surface area contributed by atoms with Gasteiger partial charge in [0.25, 0.3) is 5.91 Å². The van der Waals surface area contributed by atoms with Crippen molar-refractivity contribution >= 4 is 29.0 Å². The molecule has 0 bridgehead atoms. The van der Waals surface area contributed by atoms with E-state index in [2.05, 4.69) is 10.3 Å². The van der Waals surface area contributed by atoms with Crippen LogP contribution in [-0.4, -0.2) is 11.7 Å². The molecule has 0 radical (unpaired) electrons. The molecular weight excluding hydrogens is 317 g/mol. The molecule has 0 aliphatic rings. The van der Waals surface area contributed by atoms with Crippen LogP contribution < -0.4 is 11.1 Å². The maximum absolute atomic E-state index is 13.3. The number of nitrogens with zero attached hydrogens (tertiary/aromatic N) is 1. The van der Waals surface area contributed by atoms with Gasteiger partial charge in [-0.25, -0.2) is 4.39 Å². The standard InChI is InChI=1S/C17H15ClFN3O/c18-14-7-6-13(11-15(14)19)21-9-8-16(20)22-17(23)10-12-4-2-1-3-5-12/h1-9,11,21H,10H2,(H2,20,22,23)/b9-8-. The van der Waals surface area contributed by atoms with Crippen molar-refractivity contribution < 1.29 is 9.18 Å². The third kappa shape index (κ3) is 5.56. The van der Waals surface area contributed by atoms with E-state index >= 15 is 0 Å². The number of rotatable bonds is 5. The maximum Gasteiger partial charge on any atom is 0.252 e. The van der Waals surface area contributed by atoms with E-state index in [1.165, 1.54) is 24.4 Å². The molecule has 0 aliphatic carbocycles. The lowest BCUT2D eigenvalue weighted by Gasteiger charge is -2.01. The fourth-order valence-electron chi connectivity index (χ4n) is 1.80. The maximum atomic E-state index is 13.3. The lowest BCUT2D eigenvalue weighted by atomic mass is 10.1. The number of nitrogens with one attached hydrogen (secondary N) is 1. The average Bonchev–Trinajstić information content (AvgIpc) is 2.51. The van der Waals surface area contributed by atoms with E-state index in [1.54, 1.807) is 6.07 Å². The largest absolute Gasteiger partial charge is 0.384 e. The monoisotopic (exact) mass is 331 g/mol. The first-order chi connectivity index (χ1) is 11.0. The SMILES string of the molecule is NC(/C=C\Nc1ccc(Cl)c(F)c1)=NC(=O)Cc1ccccc1. The lowest BCUT2D eigenvalue weighted by molar-refractivity contribution is -0.117.